The number of alkyl halides is 3. The van der Waals surface area contributed by atoms with Gasteiger partial charge in [-0.25, -0.2) is 9.37 Å². The van der Waals surface area contributed by atoms with Gasteiger partial charge in [-0.1, -0.05) is 24.3 Å². The SMILES string of the molecule is O=C(COc1c(I)cc(C=Nn2c(-c3cccc(C(F)(F)F)c3)nc3ccccc3c2=O)cc1I)Nc1ccc(F)cc1. The minimum atomic E-state index is -4.58. The topological polar surface area (TPSA) is 85.6 Å². The molecule has 0 saturated heterocycles. The average molecular weight is 812 g/mol. The lowest BCUT2D eigenvalue weighted by molar-refractivity contribution is -0.137. The van der Waals surface area contributed by atoms with Crippen LogP contribution < -0.4 is 15.6 Å². The van der Waals surface area contributed by atoms with Gasteiger partial charge >= 0.3 is 6.18 Å². The zero-order valence-corrected chi connectivity index (χ0v) is 26.0. The van der Waals surface area contributed by atoms with Crippen LogP contribution in [0, 0.1) is 13.0 Å². The van der Waals surface area contributed by atoms with E-state index < -0.39 is 29.0 Å². The van der Waals surface area contributed by atoms with Crippen molar-refractivity contribution in [3.63, 3.8) is 0 Å². The van der Waals surface area contributed by atoms with Crippen LogP contribution >= 0.6 is 45.2 Å². The minimum absolute atomic E-state index is 0.0532. The van der Waals surface area contributed by atoms with Gasteiger partial charge in [0.25, 0.3) is 11.5 Å². The molecule has 0 fully saturated rings. The molecule has 5 rings (SSSR count). The molecule has 0 spiro atoms. The standard InChI is InChI=1S/C30H18F4I2N4O3/c31-20-8-10-21(11-9-20)38-26(41)16-43-27-23(35)12-17(13-24(27)36)15-37-40-28(18-4-3-5-19(14-18)30(32,33)34)39-25-7-2-1-6-22(25)29(40)42/h1-15H,16H2,(H,38,41). The molecule has 43 heavy (non-hydrogen) atoms. The van der Waals surface area contributed by atoms with Gasteiger partial charge in [0.1, 0.15) is 11.6 Å². The summed E-state index contributed by atoms with van der Waals surface area (Å²) in [6, 6.07) is 19.8. The highest BCUT2D eigenvalue weighted by atomic mass is 127. The summed E-state index contributed by atoms with van der Waals surface area (Å²) < 4.78 is 61.4. The summed E-state index contributed by atoms with van der Waals surface area (Å²) >= 11 is 4.07. The molecule has 218 valence electrons. The van der Waals surface area contributed by atoms with Crippen LogP contribution in [-0.4, -0.2) is 28.4 Å². The van der Waals surface area contributed by atoms with E-state index in [1.165, 1.54) is 42.6 Å². The lowest BCUT2D eigenvalue weighted by atomic mass is 10.1. The van der Waals surface area contributed by atoms with Crippen LogP contribution in [0.3, 0.4) is 0 Å². The van der Waals surface area contributed by atoms with E-state index in [4.69, 9.17) is 4.74 Å². The van der Waals surface area contributed by atoms with E-state index in [-0.39, 0.29) is 23.4 Å². The van der Waals surface area contributed by atoms with Gasteiger partial charge in [-0.3, -0.25) is 9.59 Å². The number of hydrogen-bond donors (Lipinski definition) is 1. The molecule has 1 N–H and O–H groups in total. The summed E-state index contributed by atoms with van der Waals surface area (Å²) in [5.41, 5.74) is -0.0531. The van der Waals surface area contributed by atoms with Gasteiger partial charge in [0, 0.05) is 11.3 Å². The highest BCUT2D eigenvalue weighted by Crippen LogP contribution is 2.32. The Morgan fingerprint density at radius 3 is 2.37 bits per heavy atom. The number of benzene rings is 4. The van der Waals surface area contributed by atoms with E-state index in [1.807, 2.05) is 45.2 Å². The summed E-state index contributed by atoms with van der Waals surface area (Å²) in [6.45, 7) is -0.296. The van der Waals surface area contributed by atoms with Gasteiger partial charge in [-0.2, -0.15) is 22.9 Å². The van der Waals surface area contributed by atoms with Crippen LogP contribution in [0.4, 0.5) is 23.2 Å². The van der Waals surface area contributed by atoms with Crippen molar-refractivity contribution in [2.45, 2.75) is 6.18 Å². The molecule has 5 aromatic rings. The maximum atomic E-state index is 13.4. The molecular weight excluding hydrogens is 794 g/mol. The summed E-state index contributed by atoms with van der Waals surface area (Å²) in [5, 5.41) is 7.20. The first-order valence-electron chi connectivity index (χ1n) is 12.4. The molecular formula is C30H18F4I2N4O3. The molecule has 7 nitrogen and oxygen atoms in total. The van der Waals surface area contributed by atoms with Gasteiger partial charge in [0.15, 0.2) is 12.4 Å². The van der Waals surface area contributed by atoms with Crippen LogP contribution in [0.15, 0.2) is 94.8 Å². The third-order valence-corrected chi connectivity index (χ3v) is 7.62. The molecule has 0 unspecified atom stereocenters. The van der Waals surface area contributed by atoms with Crippen molar-refractivity contribution in [1.82, 2.24) is 9.66 Å². The van der Waals surface area contributed by atoms with Crippen molar-refractivity contribution in [3.05, 3.63) is 119 Å². The number of carbonyl (C=O) groups is 1. The van der Waals surface area contributed by atoms with Crippen LogP contribution in [0.5, 0.6) is 5.75 Å². The number of carbonyl (C=O) groups excluding carboxylic acids is 1. The molecule has 1 heterocycles. The Hall–Kier alpha value is -3.86. The molecule has 13 heteroatoms. The maximum Gasteiger partial charge on any atom is 0.416 e. The van der Waals surface area contributed by atoms with Crippen LogP contribution in [0.2, 0.25) is 0 Å². The smallest absolute Gasteiger partial charge is 0.416 e. The Morgan fingerprint density at radius 1 is 0.977 bits per heavy atom. The lowest BCUT2D eigenvalue weighted by Crippen LogP contribution is -2.21. The molecule has 0 aliphatic carbocycles. The summed E-state index contributed by atoms with van der Waals surface area (Å²) in [7, 11) is 0. The number of anilines is 1. The van der Waals surface area contributed by atoms with E-state index in [0.717, 1.165) is 16.8 Å². The molecule has 0 aliphatic heterocycles. The fourth-order valence-corrected chi connectivity index (χ4v) is 6.16. The molecule has 0 bridgehead atoms. The fraction of sp³-hybridized carbons (Fsp3) is 0.0667. The zero-order valence-electron chi connectivity index (χ0n) is 21.7. The quantitative estimate of drug-likeness (QED) is 0.106. The second-order valence-electron chi connectivity index (χ2n) is 9.05. The number of ether oxygens (including phenoxy) is 1. The van der Waals surface area contributed by atoms with Crippen molar-refractivity contribution in [3.8, 4) is 17.1 Å². The average Bonchev–Trinajstić information content (AvgIpc) is 2.97. The van der Waals surface area contributed by atoms with Crippen molar-refractivity contribution in [2.75, 3.05) is 11.9 Å². The fourth-order valence-electron chi connectivity index (χ4n) is 4.04. The van der Waals surface area contributed by atoms with Crippen molar-refractivity contribution < 1.29 is 27.1 Å². The normalized spacial score (nSPS) is 11.7. The lowest BCUT2D eigenvalue weighted by Gasteiger charge is -2.13. The molecule has 0 saturated carbocycles. The van der Waals surface area contributed by atoms with Crippen LogP contribution in [-0.2, 0) is 11.0 Å². The van der Waals surface area contributed by atoms with Gasteiger partial charge in [0.05, 0.1) is 29.8 Å². The number of nitrogens with one attached hydrogen (secondary N) is 1. The Bertz CT molecular complexity index is 1900. The van der Waals surface area contributed by atoms with Crippen molar-refractivity contribution >= 4 is 73.9 Å². The Morgan fingerprint density at radius 2 is 1.67 bits per heavy atom. The van der Waals surface area contributed by atoms with Gasteiger partial charge in [0.2, 0.25) is 0 Å². The first kappa shape index (κ1) is 30.6. The molecule has 1 aromatic heterocycles. The summed E-state index contributed by atoms with van der Waals surface area (Å²) in [5.74, 6) is -0.464. The zero-order chi connectivity index (χ0) is 30.7. The predicted octanol–water partition coefficient (Wildman–Crippen LogP) is 7.33. The molecule has 1 amide bonds. The number of fused-ring (bicyclic) bond motifs is 1. The molecule has 0 atom stereocenters. The number of nitrogens with zero attached hydrogens (tertiary/aromatic N) is 3. The maximum absolute atomic E-state index is 13.4. The van der Waals surface area contributed by atoms with Crippen LogP contribution in [0.1, 0.15) is 11.1 Å². The Kier molecular flexibility index (Phi) is 9.10. The minimum Gasteiger partial charge on any atom is -0.482 e. The third-order valence-electron chi connectivity index (χ3n) is 6.02. The first-order chi connectivity index (χ1) is 20.5. The Labute approximate surface area is 268 Å². The van der Waals surface area contributed by atoms with Gasteiger partial charge < -0.3 is 10.1 Å². The van der Waals surface area contributed by atoms with Gasteiger partial charge in [-0.15, -0.1) is 0 Å². The van der Waals surface area contributed by atoms with E-state index in [2.05, 4.69) is 15.4 Å². The number of hydrogen-bond acceptors (Lipinski definition) is 5. The number of halogens is 6. The second kappa shape index (κ2) is 12.8. The predicted molar refractivity (Wildman–Crippen MR) is 172 cm³/mol. The largest absolute Gasteiger partial charge is 0.482 e. The van der Waals surface area contributed by atoms with E-state index in [9.17, 15) is 27.2 Å². The second-order valence-corrected chi connectivity index (χ2v) is 11.4. The molecule has 0 radical (unpaired) electrons. The summed E-state index contributed by atoms with van der Waals surface area (Å²) in [6.07, 6.45) is -3.19. The molecule has 0 aliphatic rings. The highest BCUT2D eigenvalue weighted by Gasteiger charge is 2.31. The number of para-hydroxylation sites is 1. The van der Waals surface area contributed by atoms with Crippen LogP contribution in [0.25, 0.3) is 22.3 Å². The first-order valence-corrected chi connectivity index (χ1v) is 14.6. The highest BCUT2D eigenvalue weighted by molar-refractivity contribution is 14.1. The number of amides is 1. The summed E-state index contributed by atoms with van der Waals surface area (Å²) in [4.78, 5) is 30.2. The van der Waals surface area contributed by atoms with E-state index >= 15 is 0 Å². The number of rotatable bonds is 7. The molecule has 4 aromatic carbocycles. The van der Waals surface area contributed by atoms with Crippen molar-refractivity contribution in [2.24, 2.45) is 5.10 Å². The monoisotopic (exact) mass is 812 g/mol. The van der Waals surface area contributed by atoms with Gasteiger partial charge in [-0.05, 0) is 111 Å². The third kappa shape index (κ3) is 7.21. The van der Waals surface area contributed by atoms with E-state index in [1.54, 1.807) is 36.4 Å². The number of aromatic nitrogens is 2. The van der Waals surface area contributed by atoms with E-state index in [0.29, 0.717) is 29.7 Å². The van der Waals surface area contributed by atoms with Crippen molar-refractivity contribution in [1.29, 1.82) is 0 Å². The Balaban J connectivity index is 1.44.